The molecule has 0 atom stereocenters. The van der Waals surface area contributed by atoms with Gasteiger partial charge in [0.1, 0.15) is 0 Å². The topological polar surface area (TPSA) is 12.9 Å². The van der Waals surface area contributed by atoms with Crippen molar-refractivity contribution in [2.45, 2.75) is 6.42 Å². The van der Waals surface area contributed by atoms with Gasteiger partial charge >= 0.3 is 0 Å². The number of rotatable bonds is 3. The third-order valence-corrected chi connectivity index (χ3v) is 1.52. The van der Waals surface area contributed by atoms with Crippen LogP contribution in [-0.2, 0) is 0 Å². The summed E-state index contributed by atoms with van der Waals surface area (Å²) in [5.41, 5.74) is 0.625. The van der Waals surface area contributed by atoms with Gasteiger partial charge in [-0.25, -0.2) is 4.98 Å². The maximum Gasteiger partial charge on any atom is 0.213 e. The van der Waals surface area contributed by atoms with Gasteiger partial charge in [-0.15, -0.1) is 11.6 Å². The van der Waals surface area contributed by atoms with Gasteiger partial charge in [0.2, 0.25) is 5.95 Å². The van der Waals surface area contributed by atoms with Gasteiger partial charge in [-0.2, -0.15) is 4.39 Å². The third-order valence-electron chi connectivity index (χ3n) is 1.30. The Morgan fingerprint density at radius 3 is 3.00 bits per heavy atom. The molecule has 1 aromatic heterocycles. The van der Waals surface area contributed by atoms with Crippen LogP contribution < -0.4 is 0 Å². The molecule has 1 heterocycles. The zero-order valence-electron chi connectivity index (χ0n) is 6.50. The number of hydrogen-bond donors (Lipinski definition) is 0. The molecule has 1 rings (SSSR count). The molecule has 12 heavy (non-hydrogen) atoms. The molecule has 0 radical (unpaired) electrons. The first kappa shape index (κ1) is 9.20. The molecule has 0 bridgehead atoms. The van der Waals surface area contributed by atoms with Gasteiger partial charge in [0.15, 0.2) is 0 Å². The van der Waals surface area contributed by atoms with Crippen LogP contribution in [0.3, 0.4) is 0 Å². The van der Waals surface area contributed by atoms with E-state index in [1.807, 2.05) is 6.08 Å². The van der Waals surface area contributed by atoms with E-state index in [2.05, 4.69) is 4.98 Å². The second-order valence-corrected chi connectivity index (χ2v) is 2.64. The van der Waals surface area contributed by atoms with E-state index < -0.39 is 5.95 Å². The summed E-state index contributed by atoms with van der Waals surface area (Å²) in [5.74, 6) is 0.120. The van der Waals surface area contributed by atoms with Crippen LogP contribution in [0.25, 0.3) is 6.08 Å². The van der Waals surface area contributed by atoms with E-state index in [9.17, 15) is 4.39 Å². The van der Waals surface area contributed by atoms with Crippen molar-refractivity contribution in [2.24, 2.45) is 0 Å². The highest BCUT2D eigenvalue weighted by atomic mass is 35.5. The van der Waals surface area contributed by atoms with Crippen LogP contribution in [0.15, 0.2) is 24.3 Å². The predicted octanol–water partition coefficient (Wildman–Crippen LogP) is 2.86. The van der Waals surface area contributed by atoms with Gasteiger partial charge in [-0.05, 0) is 24.6 Å². The van der Waals surface area contributed by atoms with E-state index >= 15 is 0 Å². The number of pyridine rings is 1. The Morgan fingerprint density at radius 2 is 2.33 bits per heavy atom. The lowest BCUT2D eigenvalue weighted by molar-refractivity contribution is 0.583. The van der Waals surface area contributed by atoms with E-state index in [1.165, 1.54) is 6.07 Å². The Morgan fingerprint density at radius 1 is 1.50 bits per heavy atom. The van der Waals surface area contributed by atoms with Gasteiger partial charge in [0.25, 0.3) is 0 Å². The van der Waals surface area contributed by atoms with E-state index in [0.717, 1.165) is 6.42 Å². The second-order valence-electron chi connectivity index (χ2n) is 2.27. The quantitative estimate of drug-likeness (QED) is 0.521. The van der Waals surface area contributed by atoms with Gasteiger partial charge < -0.3 is 0 Å². The summed E-state index contributed by atoms with van der Waals surface area (Å²) in [6.07, 6.45) is 4.40. The van der Waals surface area contributed by atoms with Gasteiger partial charge in [0, 0.05) is 5.88 Å². The first-order valence-electron chi connectivity index (χ1n) is 3.68. The molecular weight excluding hydrogens is 177 g/mol. The lowest BCUT2D eigenvalue weighted by Crippen LogP contribution is -1.84. The molecule has 0 aliphatic carbocycles. The van der Waals surface area contributed by atoms with Gasteiger partial charge in [-0.3, -0.25) is 0 Å². The van der Waals surface area contributed by atoms with Crippen LogP contribution in [0.2, 0.25) is 0 Å². The fraction of sp³-hybridized carbons (Fsp3) is 0.222. The Bertz CT molecular complexity index is 273. The molecule has 0 aromatic carbocycles. The molecule has 64 valence electrons. The van der Waals surface area contributed by atoms with Gasteiger partial charge in [-0.1, -0.05) is 12.1 Å². The fourth-order valence-corrected chi connectivity index (χ4v) is 0.910. The summed E-state index contributed by atoms with van der Waals surface area (Å²) in [7, 11) is 0. The summed E-state index contributed by atoms with van der Waals surface area (Å²) in [6.45, 7) is 0. The minimum atomic E-state index is -0.456. The minimum Gasteiger partial charge on any atom is -0.220 e. The van der Waals surface area contributed by atoms with E-state index in [0.29, 0.717) is 11.6 Å². The lowest BCUT2D eigenvalue weighted by atomic mass is 10.3. The second kappa shape index (κ2) is 4.88. The molecule has 0 N–H and O–H groups in total. The predicted molar refractivity (Wildman–Crippen MR) is 48.6 cm³/mol. The smallest absolute Gasteiger partial charge is 0.213 e. The Kier molecular flexibility index (Phi) is 3.74. The summed E-state index contributed by atoms with van der Waals surface area (Å²) in [5, 5.41) is 0. The molecule has 0 fully saturated rings. The van der Waals surface area contributed by atoms with Crippen molar-refractivity contribution in [1.82, 2.24) is 4.98 Å². The largest absolute Gasteiger partial charge is 0.220 e. The lowest BCUT2D eigenvalue weighted by Gasteiger charge is -1.91. The summed E-state index contributed by atoms with van der Waals surface area (Å²) < 4.78 is 12.5. The SMILES string of the molecule is Fc1cccc(C=CCCCl)n1. The van der Waals surface area contributed by atoms with Crippen LogP contribution in [0.5, 0.6) is 0 Å². The minimum absolute atomic E-state index is 0.456. The van der Waals surface area contributed by atoms with Crippen LogP contribution in [0.4, 0.5) is 4.39 Å². The van der Waals surface area contributed by atoms with Crippen molar-refractivity contribution in [1.29, 1.82) is 0 Å². The highest BCUT2D eigenvalue weighted by molar-refractivity contribution is 6.17. The maximum absolute atomic E-state index is 12.5. The number of halogens is 2. The van der Waals surface area contributed by atoms with Crippen LogP contribution in [0.1, 0.15) is 12.1 Å². The highest BCUT2D eigenvalue weighted by Gasteiger charge is 1.90. The fourth-order valence-electron chi connectivity index (χ4n) is 0.784. The molecule has 0 spiro atoms. The standard InChI is InChI=1S/C9H9ClFN/c10-7-2-1-4-8-5-3-6-9(11)12-8/h1,3-6H,2,7H2. The highest BCUT2D eigenvalue weighted by Crippen LogP contribution is 2.01. The molecule has 0 unspecified atom stereocenters. The molecule has 0 aliphatic heterocycles. The Labute approximate surface area is 75.9 Å². The monoisotopic (exact) mass is 185 g/mol. The zero-order chi connectivity index (χ0) is 8.81. The summed E-state index contributed by atoms with van der Waals surface area (Å²) in [4.78, 5) is 3.65. The molecular formula is C9H9ClFN. The maximum atomic E-state index is 12.5. The molecule has 0 saturated heterocycles. The summed E-state index contributed by atoms with van der Waals surface area (Å²) in [6, 6.07) is 4.69. The molecule has 0 saturated carbocycles. The Hall–Kier alpha value is -0.890. The molecule has 1 aromatic rings. The number of alkyl halides is 1. The average molecular weight is 186 g/mol. The van der Waals surface area contributed by atoms with E-state index in [4.69, 9.17) is 11.6 Å². The van der Waals surface area contributed by atoms with E-state index in [1.54, 1.807) is 18.2 Å². The third kappa shape index (κ3) is 3.01. The molecule has 1 nitrogen and oxygen atoms in total. The zero-order valence-corrected chi connectivity index (χ0v) is 7.26. The normalized spacial score (nSPS) is 10.8. The number of allylic oxidation sites excluding steroid dienone is 1. The number of nitrogens with zero attached hydrogens (tertiary/aromatic N) is 1. The molecule has 3 heteroatoms. The Balaban J connectivity index is 2.63. The van der Waals surface area contributed by atoms with Crippen molar-refractivity contribution < 1.29 is 4.39 Å². The van der Waals surface area contributed by atoms with Crippen molar-refractivity contribution in [3.63, 3.8) is 0 Å². The van der Waals surface area contributed by atoms with Crippen LogP contribution >= 0.6 is 11.6 Å². The number of hydrogen-bond acceptors (Lipinski definition) is 1. The van der Waals surface area contributed by atoms with Crippen LogP contribution in [-0.4, -0.2) is 10.9 Å². The average Bonchev–Trinajstić information content (AvgIpc) is 2.05. The summed E-state index contributed by atoms with van der Waals surface area (Å²) >= 11 is 5.45. The first-order chi connectivity index (χ1) is 5.83. The molecule has 0 aliphatic rings. The van der Waals surface area contributed by atoms with Crippen molar-refractivity contribution >= 4 is 17.7 Å². The van der Waals surface area contributed by atoms with E-state index in [-0.39, 0.29) is 0 Å². The van der Waals surface area contributed by atoms with Gasteiger partial charge in [0.05, 0.1) is 5.69 Å². The van der Waals surface area contributed by atoms with Crippen LogP contribution in [0, 0.1) is 5.95 Å². The van der Waals surface area contributed by atoms with Crippen molar-refractivity contribution in [3.05, 3.63) is 35.9 Å². The van der Waals surface area contributed by atoms with Crippen molar-refractivity contribution in [3.8, 4) is 0 Å². The number of aromatic nitrogens is 1. The van der Waals surface area contributed by atoms with Crippen molar-refractivity contribution in [2.75, 3.05) is 5.88 Å². The molecule has 0 amide bonds. The first-order valence-corrected chi connectivity index (χ1v) is 4.21.